The Hall–Kier alpha value is -2.42. The van der Waals surface area contributed by atoms with Gasteiger partial charge in [-0.25, -0.2) is 17.2 Å². The van der Waals surface area contributed by atoms with Gasteiger partial charge in [0.1, 0.15) is 17.4 Å². The third-order valence-electron chi connectivity index (χ3n) is 3.16. The fraction of sp³-hybridized carbons (Fsp3) is 0.267. The van der Waals surface area contributed by atoms with E-state index in [0.29, 0.717) is 11.8 Å². The Morgan fingerprint density at radius 2 is 2.04 bits per heavy atom. The highest BCUT2D eigenvalue weighted by atomic mass is 32.2. The van der Waals surface area contributed by atoms with Gasteiger partial charge >= 0.3 is 0 Å². The number of rotatable bonds is 7. The fourth-order valence-electron chi connectivity index (χ4n) is 2.04. The Kier molecular flexibility index (Phi) is 5.55. The third-order valence-corrected chi connectivity index (χ3v) is 4.34. The summed E-state index contributed by atoms with van der Waals surface area (Å²) >= 11 is 0. The summed E-state index contributed by atoms with van der Waals surface area (Å²) in [6.07, 6.45) is 2.16. The third kappa shape index (κ3) is 4.79. The van der Waals surface area contributed by atoms with Crippen LogP contribution in [0.2, 0.25) is 0 Å². The van der Waals surface area contributed by atoms with Crippen molar-refractivity contribution in [2.24, 2.45) is 0 Å². The molecule has 0 aliphatic carbocycles. The molecule has 2 rings (SSSR count). The lowest BCUT2D eigenvalue weighted by molar-refractivity contribution is -0.121. The van der Waals surface area contributed by atoms with Crippen LogP contribution in [-0.4, -0.2) is 27.1 Å². The normalized spacial score (nSPS) is 11.3. The first-order chi connectivity index (χ1) is 11.3. The lowest BCUT2D eigenvalue weighted by Crippen LogP contribution is -2.35. The van der Waals surface area contributed by atoms with Crippen LogP contribution in [0.15, 0.2) is 41.0 Å². The molecule has 0 bridgehead atoms. The van der Waals surface area contributed by atoms with Crippen LogP contribution in [0.5, 0.6) is 0 Å². The molecule has 1 N–H and O–H groups in total. The molecule has 0 saturated heterocycles. The first-order valence-corrected chi connectivity index (χ1v) is 8.84. The second kappa shape index (κ2) is 7.43. The highest BCUT2D eigenvalue weighted by Gasteiger charge is 2.22. The highest BCUT2D eigenvalue weighted by molar-refractivity contribution is 7.92. The van der Waals surface area contributed by atoms with Gasteiger partial charge in [-0.1, -0.05) is 0 Å². The van der Waals surface area contributed by atoms with Crippen LogP contribution in [0, 0.1) is 11.6 Å². The van der Waals surface area contributed by atoms with Gasteiger partial charge in [-0.3, -0.25) is 9.10 Å². The Balaban J connectivity index is 2.03. The van der Waals surface area contributed by atoms with Gasteiger partial charge in [0.05, 0.1) is 24.8 Å². The summed E-state index contributed by atoms with van der Waals surface area (Å²) in [4.78, 5) is 11.8. The van der Waals surface area contributed by atoms with Crippen molar-refractivity contribution in [1.29, 1.82) is 0 Å². The van der Waals surface area contributed by atoms with Gasteiger partial charge in [-0.15, -0.1) is 0 Å². The Labute approximate surface area is 138 Å². The van der Waals surface area contributed by atoms with E-state index in [9.17, 15) is 22.0 Å². The summed E-state index contributed by atoms with van der Waals surface area (Å²) < 4.78 is 56.3. The number of nitrogens with one attached hydrogen (secondary N) is 1. The van der Waals surface area contributed by atoms with E-state index in [1.54, 1.807) is 12.1 Å². The minimum Gasteiger partial charge on any atom is -0.467 e. The molecule has 1 heterocycles. The molecule has 0 radical (unpaired) electrons. The van der Waals surface area contributed by atoms with E-state index in [1.807, 2.05) is 0 Å². The smallest absolute Gasteiger partial charge is 0.232 e. The van der Waals surface area contributed by atoms with E-state index in [-0.39, 0.29) is 25.2 Å². The van der Waals surface area contributed by atoms with Crippen LogP contribution in [0.25, 0.3) is 0 Å². The molecule has 0 saturated carbocycles. The van der Waals surface area contributed by atoms with Gasteiger partial charge in [-0.05, 0) is 24.3 Å². The fourth-order valence-corrected chi connectivity index (χ4v) is 2.97. The monoisotopic (exact) mass is 358 g/mol. The number of hydrogen-bond donors (Lipinski definition) is 1. The average Bonchev–Trinajstić information content (AvgIpc) is 2.99. The zero-order chi connectivity index (χ0) is 17.7. The quantitative estimate of drug-likeness (QED) is 0.821. The molecule has 1 aromatic carbocycles. The molecule has 0 spiro atoms. The zero-order valence-corrected chi connectivity index (χ0v) is 13.6. The first kappa shape index (κ1) is 17.9. The summed E-state index contributed by atoms with van der Waals surface area (Å²) in [6, 6.07) is 5.91. The zero-order valence-electron chi connectivity index (χ0n) is 12.8. The number of benzene rings is 1. The molecule has 1 aromatic heterocycles. The number of halogens is 2. The van der Waals surface area contributed by atoms with Crippen LogP contribution in [0.4, 0.5) is 14.5 Å². The van der Waals surface area contributed by atoms with Crippen LogP contribution in [-0.2, 0) is 21.4 Å². The highest BCUT2D eigenvalue weighted by Crippen LogP contribution is 2.22. The summed E-state index contributed by atoms with van der Waals surface area (Å²) in [7, 11) is -3.83. The lowest BCUT2D eigenvalue weighted by atomic mass is 10.3. The van der Waals surface area contributed by atoms with Gasteiger partial charge in [0.2, 0.25) is 15.9 Å². The molecule has 130 valence electrons. The largest absolute Gasteiger partial charge is 0.467 e. The van der Waals surface area contributed by atoms with E-state index < -0.39 is 27.6 Å². The topological polar surface area (TPSA) is 79.6 Å². The van der Waals surface area contributed by atoms with Crippen molar-refractivity contribution < 1.29 is 26.4 Å². The molecular weight excluding hydrogens is 342 g/mol. The predicted octanol–water partition coefficient (Wildman–Crippen LogP) is 2.03. The lowest BCUT2D eigenvalue weighted by Gasteiger charge is -2.22. The van der Waals surface area contributed by atoms with Gasteiger partial charge in [0.25, 0.3) is 0 Å². The Morgan fingerprint density at radius 1 is 1.29 bits per heavy atom. The summed E-state index contributed by atoms with van der Waals surface area (Å²) in [5.41, 5.74) is -0.308. The van der Waals surface area contributed by atoms with Gasteiger partial charge < -0.3 is 9.73 Å². The second-order valence-corrected chi connectivity index (χ2v) is 6.94. The van der Waals surface area contributed by atoms with Crippen molar-refractivity contribution >= 4 is 21.6 Å². The molecule has 0 aliphatic heterocycles. The van der Waals surface area contributed by atoms with E-state index >= 15 is 0 Å². The van der Waals surface area contributed by atoms with Crippen molar-refractivity contribution in [3.05, 3.63) is 54.0 Å². The number of furan rings is 1. The number of hydrogen-bond acceptors (Lipinski definition) is 4. The molecule has 2 aromatic rings. The van der Waals surface area contributed by atoms with Crippen LogP contribution in [0.3, 0.4) is 0 Å². The number of nitrogens with zero attached hydrogens (tertiary/aromatic N) is 1. The molecular formula is C15H16F2N2O4S. The van der Waals surface area contributed by atoms with Crippen molar-refractivity contribution in [2.45, 2.75) is 13.0 Å². The molecule has 6 nitrogen and oxygen atoms in total. The van der Waals surface area contributed by atoms with E-state index in [2.05, 4.69) is 5.32 Å². The molecule has 9 heteroatoms. The van der Waals surface area contributed by atoms with Crippen LogP contribution < -0.4 is 9.62 Å². The van der Waals surface area contributed by atoms with E-state index in [4.69, 9.17) is 4.42 Å². The Bertz CT molecular complexity index is 807. The molecule has 0 aliphatic rings. The standard InChI is InChI=1S/C15H16F2N2O4S/c1-24(21,22)19(14-5-4-11(16)9-13(14)17)7-6-15(20)18-10-12-3-2-8-23-12/h2-5,8-9H,6-7,10H2,1H3,(H,18,20). The molecule has 1 amide bonds. The van der Waals surface area contributed by atoms with Crippen molar-refractivity contribution in [2.75, 3.05) is 17.1 Å². The van der Waals surface area contributed by atoms with Gasteiger partial charge in [0, 0.05) is 19.0 Å². The maximum absolute atomic E-state index is 13.8. The number of amides is 1. The minimum atomic E-state index is -3.83. The minimum absolute atomic E-state index is 0.162. The molecule has 0 atom stereocenters. The second-order valence-electron chi connectivity index (χ2n) is 5.04. The van der Waals surface area contributed by atoms with Crippen molar-refractivity contribution in [1.82, 2.24) is 5.32 Å². The van der Waals surface area contributed by atoms with E-state index in [0.717, 1.165) is 22.7 Å². The average molecular weight is 358 g/mol. The van der Waals surface area contributed by atoms with Crippen LogP contribution in [0.1, 0.15) is 12.2 Å². The Morgan fingerprint density at radius 3 is 2.62 bits per heavy atom. The van der Waals surface area contributed by atoms with Gasteiger partial charge in [0.15, 0.2) is 0 Å². The molecule has 0 fully saturated rings. The number of sulfonamides is 1. The van der Waals surface area contributed by atoms with Crippen molar-refractivity contribution in [3.63, 3.8) is 0 Å². The maximum Gasteiger partial charge on any atom is 0.232 e. The number of anilines is 1. The first-order valence-electron chi connectivity index (χ1n) is 6.99. The van der Waals surface area contributed by atoms with Crippen molar-refractivity contribution in [3.8, 4) is 0 Å². The SMILES string of the molecule is CS(=O)(=O)N(CCC(=O)NCc1ccco1)c1ccc(F)cc1F. The summed E-state index contributed by atoms with van der Waals surface area (Å²) in [6.45, 7) is -0.110. The molecule has 24 heavy (non-hydrogen) atoms. The number of carbonyl (C=O) groups is 1. The number of carbonyl (C=O) groups excluding carboxylic acids is 1. The van der Waals surface area contributed by atoms with Gasteiger partial charge in [-0.2, -0.15) is 0 Å². The maximum atomic E-state index is 13.8. The molecule has 0 unspecified atom stereocenters. The predicted molar refractivity (Wildman–Crippen MR) is 83.7 cm³/mol. The summed E-state index contributed by atoms with van der Waals surface area (Å²) in [5, 5.41) is 2.56. The van der Waals surface area contributed by atoms with E-state index in [1.165, 1.54) is 6.26 Å². The van der Waals surface area contributed by atoms with Crippen LogP contribution >= 0.6 is 0 Å². The summed E-state index contributed by atoms with van der Waals surface area (Å²) in [5.74, 6) is -1.72.